The van der Waals surface area contributed by atoms with Crippen molar-refractivity contribution >= 4 is 27.4 Å². The number of rotatable bonds is 6. The van der Waals surface area contributed by atoms with Gasteiger partial charge in [-0.2, -0.15) is 0 Å². The van der Waals surface area contributed by atoms with Crippen LogP contribution in [0.25, 0.3) is 0 Å². The summed E-state index contributed by atoms with van der Waals surface area (Å²) in [5.41, 5.74) is 1.66. The Morgan fingerprint density at radius 2 is 1.76 bits per heavy atom. The highest BCUT2D eigenvalue weighted by Gasteiger charge is 2.16. The maximum Gasteiger partial charge on any atom is 0.337 e. The first-order valence-electron chi connectivity index (χ1n) is 7.59. The third kappa shape index (κ3) is 5.15. The highest BCUT2D eigenvalue weighted by atomic mass is 32.2. The second-order valence-corrected chi connectivity index (χ2v) is 7.61. The lowest BCUT2D eigenvalue weighted by Crippen LogP contribution is -2.17. The molecule has 1 N–H and O–H groups in total. The van der Waals surface area contributed by atoms with Gasteiger partial charge < -0.3 is 10.1 Å². The predicted octanol–water partition coefficient (Wildman–Crippen LogP) is 2.58. The van der Waals surface area contributed by atoms with Gasteiger partial charge in [0.05, 0.1) is 23.3 Å². The normalized spacial score (nSPS) is 11.0. The van der Waals surface area contributed by atoms with Crippen LogP contribution in [0.4, 0.5) is 5.69 Å². The molecule has 0 heterocycles. The molecule has 0 saturated heterocycles. The third-order valence-electron chi connectivity index (χ3n) is 3.55. The zero-order valence-corrected chi connectivity index (χ0v) is 14.8. The maximum absolute atomic E-state index is 12.2. The number of aryl methyl sites for hydroxylation is 1. The van der Waals surface area contributed by atoms with E-state index in [1.54, 1.807) is 30.3 Å². The van der Waals surface area contributed by atoms with Crippen molar-refractivity contribution in [3.05, 3.63) is 59.7 Å². The number of benzene rings is 2. The molecule has 0 aromatic heterocycles. The summed E-state index contributed by atoms with van der Waals surface area (Å²) in [6.07, 6.45) is -0.182. The van der Waals surface area contributed by atoms with Crippen LogP contribution < -0.4 is 5.32 Å². The molecule has 2 aromatic rings. The van der Waals surface area contributed by atoms with E-state index >= 15 is 0 Å². The first-order chi connectivity index (χ1) is 11.8. The SMILES string of the molecule is COC(=O)c1cccc(NC(=O)CCS(=O)(=O)c2ccc(C)cc2)c1. The quantitative estimate of drug-likeness (QED) is 0.799. The molecule has 132 valence electrons. The Balaban J connectivity index is 1.99. The fraction of sp³-hybridized carbons (Fsp3) is 0.222. The molecule has 0 saturated carbocycles. The molecule has 0 aliphatic carbocycles. The molecule has 0 aliphatic rings. The van der Waals surface area contributed by atoms with Gasteiger partial charge in [0.15, 0.2) is 9.84 Å². The van der Waals surface area contributed by atoms with Crippen molar-refractivity contribution in [1.82, 2.24) is 0 Å². The maximum atomic E-state index is 12.2. The lowest BCUT2D eigenvalue weighted by atomic mass is 10.2. The first kappa shape index (κ1) is 18.7. The van der Waals surface area contributed by atoms with Crippen molar-refractivity contribution in [3.63, 3.8) is 0 Å². The number of hydrogen-bond donors (Lipinski definition) is 1. The standard InChI is InChI=1S/C18H19NO5S/c1-13-6-8-16(9-7-13)25(22,23)11-10-17(20)19-15-5-3-4-14(12-15)18(21)24-2/h3-9,12H,10-11H2,1-2H3,(H,19,20). The van der Waals surface area contributed by atoms with Gasteiger partial charge in [-0.05, 0) is 37.3 Å². The van der Waals surface area contributed by atoms with Gasteiger partial charge in [-0.1, -0.05) is 23.8 Å². The summed E-state index contributed by atoms with van der Waals surface area (Å²) in [4.78, 5) is 23.7. The second-order valence-electron chi connectivity index (χ2n) is 5.50. The van der Waals surface area contributed by atoms with Crippen LogP contribution in [0.1, 0.15) is 22.3 Å². The van der Waals surface area contributed by atoms with Crippen LogP contribution >= 0.6 is 0 Å². The second kappa shape index (κ2) is 7.94. The van der Waals surface area contributed by atoms with Crippen molar-refractivity contribution in [2.45, 2.75) is 18.2 Å². The van der Waals surface area contributed by atoms with E-state index < -0.39 is 21.7 Å². The van der Waals surface area contributed by atoms with Crippen LogP contribution in [0.3, 0.4) is 0 Å². The Bertz CT molecular complexity index is 873. The summed E-state index contributed by atoms with van der Waals surface area (Å²) in [7, 11) is -2.26. The summed E-state index contributed by atoms with van der Waals surface area (Å²) in [6.45, 7) is 1.87. The van der Waals surface area contributed by atoms with Crippen LogP contribution in [0, 0.1) is 6.92 Å². The Labute approximate surface area is 146 Å². The van der Waals surface area contributed by atoms with Gasteiger partial charge in [-0.15, -0.1) is 0 Å². The average molecular weight is 361 g/mol. The highest BCUT2D eigenvalue weighted by Crippen LogP contribution is 2.15. The van der Waals surface area contributed by atoms with Crippen molar-refractivity contribution in [2.75, 3.05) is 18.2 Å². The van der Waals surface area contributed by atoms with Crippen molar-refractivity contribution in [2.24, 2.45) is 0 Å². The lowest BCUT2D eigenvalue weighted by molar-refractivity contribution is -0.115. The number of ether oxygens (including phenoxy) is 1. The molecule has 0 unspecified atom stereocenters. The van der Waals surface area contributed by atoms with Crippen LogP contribution in [0.5, 0.6) is 0 Å². The van der Waals surface area contributed by atoms with Gasteiger partial charge in [0.2, 0.25) is 5.91 Å². The molecule has 1 amide bonds. The number of anilines is 1. The van der Waals surface area contributed by atoms with E-state index in [2.05, 4.69) is 10.1 Å². The van der Waals surface area contributed by atoms with Crippen molar-refractivity contribution in [3.8, 4) is 0 Å². The summed E-state index contributed by atoms with van der Waals surface area (Å²) < 4.78 is 29.1. The molecular weight excluding hydrogens is 342 g/mol. The Morgan fingerprint density at radius 3 is 2.40 bits per heavy atom. The number of hydrogen-bond acceptors (Lipinski definition) is 5. The topological polar surface area (TPSA) is 89.5 Å². The minimum absolute atomic E-state index is 0.182. The molecule has 0 aliphatic heterocycles. The number of carbonyl (C=O) groups excluding carboxylic acids is 2. The zero-order chi connectivity index (χ0) is 18.4. The Hall–Kier alpha value is -2.67. The summed E-state index contributed by atoms with van der Waals surface area (Å²) >= 11 is 0. The number of esters is 1. The Kier molecular flexibility index (Phi) is 5.93. The smallest absolute Gasteiger partial charge is 0.337 e. The average Bonchev–Trinajstić information content (AvgIpc) is 2.60. The van der Waals surface area contributed by atoms with E-state index in [0.29, 0.717) is 11.3 Å². The van der Waals surface area contributed by atoms with Gasteiger partial charge in [-0.3, -0.25) is 4.79 Å². The van der Waals surface area contributed by atoms with Gasteiger partial charge in [0.25, 0.3) is 0 Å². The molecular formula is C18H19NO5S. The molecule has 25 heavy (non-hydrogen) atoms. The van der Waals surface area contributed by atoms with E-state index in [1.165, 1.54) is 25.3 Å². The molecule has 0 bridgehead atoms. The van der Waals surface area contributed by atoms with Gasteiger partial charge in [-0.25, -0.2) is 13.2 Å². The van der Waals surface area contributed by atoms with E-state index in [-0.39, 0.29) is 17.1 Å². The molecule has 0 atom stereocenters. The summed E-state index contributed by atoms with van der Waals surface area (Å²) in [5.74, 6) is -1.26. The number of amides is 1. The van der Waals surface area contributed by atoms with Gasteiger partial charge >= 0.3 is 5.97 Å². The van der Waals surface area contributed by atoms with Crippen LogP contribution in [0.2, 0.25) is 0 Å². The van der Waals surface area contributed by atoms with E-state index in [1.807, 2.05) is 6.92 Å². The largest absolute Gasteiger partial charge is 0.465 e. The number of methoxy groups -OCH3 is 1. The van der Waals surface area contributed by atoms with Crippen molar-refractivity contribution in [1.29, 1.82) is 0 Å². The van der Waals surface area contributed by atoms with Crippen LogP contribution in [0.15, 0.2) is 53.4 Å². The number of sulfone groups is 1. The number of carbonyl (C=O) groups is 2. The highest BCUT2D eigenvalue weighted by molar-refractivity contribution is 7.91. The zero-order valence-electron chi connectivity index (χ0n) is 14.0. The summed E-state index contributed by atoms with van der Waals surface area (Å²) in [5, 5.41) is 2.58. The molecule has 0 radical (unpaired) electrons. The van der Waals surface area contributed by atoms with E-state index in [9.17, 15) is 18.0 Å². The molecule has 2 aromatic carbocycles. The Morgan fingerprint density at radius 1 is 1.08 bits per heavy atom. The van der Waals surface area contributed by atoms with Crippen LogP contribution in [-0.4, -0.2) is 33.2 Å². The molecule has 7 heteroatoms. The molecule has 2 rings (SSSR count). The van der Waals surface area contributed by atoms with Gasteiger partial charge in [0.1, 0.15) is 0 Å². The lowest BCUT2D eigenvalue weighted by Gasteiger charge is -2.08. The number of nitrogens with one attached hydrogen (secondary N) is 1. The van der Waals surface area contributed by atoms with E-state index in [4.69, 9.17) is 0 Å². The molecule has 0 spiro atoms. The molecule has 6 nitrogen and oxygen atoms in total. The summed E-state index contributed by atoms with van der Waals surface area (Å²) in [6, 6.07) is 12.7. The fourth-order valence-electron chi connectivity index (χ4n) is 2.16. The van der Waals surface area contributed by atoms with Gasteiger partial charge in [0, 0.05) is 12.1 Å². The minimum atomic E-state index is -3.52. The van der Waals surface area contributed by atoms with Crippen molar-refractivity contribution < 1.29 is 22.7 Å². The third-order valence-corrected chi connectivity index (χ3v) is 5.28. The minimum Gasteiger partial charge on any atom is -0.465 e. The van der Waals surface area contributed by atoms with Crippen LogP contribution in [-0.2, 0) is 19.4 Å². The predicted molar refractivity (Wildman–Crippen MR) is 94.3 cm³/mol. The monoisotopic (exact) mass is 361 g/mol. The first-order valence-corrected chi connectivity index (χ1v) is 9.25. The fourth-order valence-corrected chi connectivity index (χ4v) is 3.40. The molecule has 0 fully saturated rings. The van der Waals surface area contributed by atoms with E-state index in [0.717, 1.165) is 5.56 Å².